The molecule has 1 aromatic heterocycles. The van der Waals surface area contributed by atoms with E-state index in [0.717, 1.165) is 25.2 Å². The van der Waals surface area contributed by atoms with E-state index in [2.05, 4.69) is 22.6 Å². The molecule has 0 aliphatic heterocycles. The van der Waals surface area contributed by atoms with Crippen LogP contribution in [0.3, 0.4) is 0 Å². The minimum Gasteiger partial charge on any atom is -0.319 e. The highest BCUT2D eigenvalue weighted by Gasteiger charge is 1.98. The minimum atomic E-state index is 0.961. The first-order valence-electron chi connectivity index (χ1n) is 6.90. The van der Waals surface area contributed by atoms with E-state index < -0.39 is 0 Å². The molecule has 1 rings (SSSR count). The van der Waals surface area contributed by atoms with Crippen molar-refractivity contribution in [2.45, 2.75) is 60.4 Å². The van der Waals surface area contributed by atoms with Gasteiger partial charge in [0, 0.05) is 25.7 Å². The normalized spacial score (nSPS) is 8.82. The van der Waals surface area contributed by atoms with E-state index in [1.807, 2.05) is 45.6 Å². The summed E-state index contributed by atoms with van der Waals surface area (Å²) in [6.07, 6.45) is 5.37. The zero-order valence-electron chi connectivity index (χ0n) is 12.5. The molecule has 1 heterocycles. The van der Waals surface area contributed by atoms with E-state index in [4.69, 9.17) is 0 Å². The van der Waals surface area contributed by atoms with Crippen LogP contribution in [0, 0.1) is 0 Å². The van der Waals surface area contributed by atoms with Gasteiger partial charge in [-0.1, -0.05) is 46.3 Å². The third-order valence-corrected chi connectivity index (χ3v) is 1.96. The smallest absolute Gasteiger partial charge is 0.0839 e. The molecule has 0 aromatic carbocycles. The van der Waals surface area contributed by atoms with Crippen molar-refractivity contribution in [2.24, 2.45) is 0 Å². The maximum atomic E-state index is 4.08. The van der Waals surface area contributed by atoms with Crippen LogP contribution in [0.5, 0.6) is 0 Å². The molecule has 0 spiro atoms. The van der Waals surface area contributed by atoms with Gasteiger partial charge in [-0.05, 0) is 13.5 Å². The molecule has 0 atom stereocenters. The van der Waals surface area contributed by atoms with Crippen LogP contribution >= 0.6 is 0 Å². The second kappa shape index (κ2) is 15.1. The molecule has 1 aromatic rings. The van der Waals surface area contributed by atoms with Gasteiger partial charge in [-0.2, -0.15) is 0 Å². The van der Waals surface area contributed by atoms with Gasteiger partial charge in [0.25, 0.3) is 0 Å². The Bertz CT molecular complexity index is 211. The van der Waals surface area contributed by atoms with Gasteiger partial charge < -0.3 is 5.32 Å². The standard InChI is InChI=1S/C9H18N4.2C2H6/c1-3-4-7-13-8-9(11-12-13)5-6-10-2;2*1-2/h8,10H,3-7H2,1-2H3;2*1-2H3. The van der Waals surface area contributed by atoms with Gasteiger partial charge in [0.15, 0.2) is 0 Å². The molecule has 0 amide bonds. The molecule has 0 unspecified atom stereocenters. The van der Waals surface area contributed by atoms with Crippen molar-refractivity contribution >= 4 is 0 Å². The first-order valence-corrected chi connectivity index (χ1v) is 6.90. The summed E-state index contributed by atoms with van der Waals surface area (Å²) >= 11 is 0. The van der Waals surface area contributed by atoms with E-state index >= 15 is 0 Å². The molecule has 0 saturated carbocycles. The second-order valence-electron chi connectivity index (χ2n) is 3.18. The summed E-state index contributed by atoms with van der Waals surface area (Å²) in [6, 6.07) is 0. The zero-order valence-corrected chi connectivity index (χ0v) is 12.5. The first-order chi connectivity index (χ1) is 8.36. The summed E-state index contributed by atoms with van der Waals surface area (Å²) in [5.41, 5.74) is 1.07. The van der Waals surface area contributed by atoms with Crippen molar-refractivity contribution < 1.29 is 0 Å². The van der Waals surface area contributed by atoms with Crippen LogP contribution in [0.2, 0.25) is 0 Å². The van der Waals surface area contributed by atoms with Crippen LogP contribution in [0.4, 0.5) is 0 Å². The van der Waals surface area contributed by atoms with Crippen molar-refractivity contribution in [2.75, 3.05) is 13.6 Å². The maximum absolute atomic E-state index is 4.08. The van der Waals surface area contributed by atoms with Gasteiger partial charge >= 0.3 is 0 Å². The molecular weight excluding hydrogens is 212 g/mol. The quantitative estimate of drug-likeness (QED) is 0.834. The third-order valence-electron chi connectivity index (χ3n) is 1.96. The van der Waals surface area contributed by atoms with Crippen LogP contribution in [-0.2, 0) is 13.0 Å². The highest BCUT2D eigenvalue weighted by molar-refractivity contribution is 4.92. The lowest BCUT2D eigenvalue weighted by atomic mass is 10.3. The molecule has 4 nitrogen and oxygen atoms in total. The fraction of sp³-hybridized carbons (Fsp3) is 0.846. The Hall–Kier alpha value is -0.900. The Morgan fingerprint density at radius 3 is 2.41 bits per heavy atom. The van der Waals surface area contributed by atoms with Crippen LogP contribution in [0.25, 0.3) is 0 Å². The summed E-state index contributed by atoms with van der Waals surface area (Å²) < 4.78 is 1.93. The molecule has 0 aliphatic rings. The van der Waals surface area contributed by atoms with Crippen LogP contribution in [-0.4, -0.2) is 28.6 Å². The molecule has 0 radical (unpaired) electrons. The van der Waals surface area contributed by atoms with E-state index in [9.17, 15) is 0 Å². The number of nitrogens with one attached hydrogen (secondary N) is 1. The molecule has 4 heteroatoms. The Kier molecular flexibility index (Phi) is 16.4. The van der Waals surface area contributed by atoms with Gasteiger partial charge in [-0.3, -0.25) is 4.68 Å². The predicted molar refractivity (Wildman–Crippen MR) is 75.3 cm³/mol. The fourth-order valence-corrected chi connectivity index (χ4v) is 1.14. The number of likely N-dealkylation sites (N-methyl/N-ethyl adjacent to an activating group) is 1. The highest BCUT2D eigenvalue weighted by Crippen LogP contribution is 1.96. The summed E-state index contributed by atoms with van der Waals surface area (Å²) in [4.78, 5) is 0. The molecular formula is C13H30N4. The second-order valence-corrected chi connectivity index (χ2v) is 3.18. The number of aryl methyl sites for hydroxylation is 1. The first kappa shape index (κ1) is 18.5. The molecule has 0 bridgehead atoms. The molecule has 0 aliphatic carbocycles. The van der Waals surface area contributed by atoms with Crippen LogP contribution in [0.1, 0.15) is 53.2 Å². The average molecular weight is 242 g/mol. The van der Waals surface area contributed by atoms with Crippen molar-refractivity contribution in [3.8, 4) is 0 Å². The number of aromatic nitrogens is 3. The number of rotatable bonds is 6. The zero-order chi connectivity index (χ0) is 13.5. The Morgan fingerprint density at radius 1 is 1.24 bits per heavy atom. The largest absolute Gasteiger partial charge is 0.319 e. The van der Waals surface area contributed by atoms with Gasteiger partial charge in [0.1, 0.15) is 0 Å². The van der Waals surface area contributed by atoms with Gasteiger partial charge in [0.05, 0.1) is 5.69 Å². The van der Waals surface area contributed by atoms with Gasteiger partial charge in [-0.15, -0.1) is 5.10 Å². The third kappa shape index (κ3) is 10.00. The van der Waals surface area contributed by atoms with Crippen molar-refractivity contribution in [3.63, 3.8) is 0 Å². The summed E-state index contributed by atoms with van der Waals surface area (Å²) in [6.45, 7) is 12.1. The summed E-state index contributed by atoms with van der Waals surface area (Å²) in [5.74, 6) is 0. The average Bonchev–Trinajstić information content (AvgIpc) is 2.86. The Morgan fingerprint density at radius 2 is 1.88 bits per heavy atom. The van der Waals surface area contributed by atoms with Crippen LogP contribution in [0.15, 0.2) is 6.20 Å². The number of unbranched alkanes of at least 4 members (excludes halogenated alkanes) is 1. The fourth-order valence-electron chi connectivity index (χ4n) is 1.14. The summed E-state index contributed by atoms with van der Waals surface area (Å²) in [5, 5.41) is 11.2. The monoisotopic (exact) mass is 242 g/mol. The topological polar surface area (TPSA) is 42.7 Å². The van der Waals surface area contributed by atoms with Gasteiger partial charge in [-0.25, -0.2) is 0 Å². The van der Waals surface area contributed by atoms with Crippen molar-refractivity contribution in [3.05, 3.63) is 11.9 Å². The maximum Gasteiger partial charge on any atom is 0.0839 e. The lowest BCUT2D eigenvalue weighted by Gasteiger charge is -1.95. The van der Waals surface area contributed by atoms with E-state index in [1.165, 1.54) is 12.8 Å². The van der Waals surface area contributed by atoms with Gasteiger partial charge in [0.2, 0.25) is 0 Å². The minimum absolute atomic E-state index is 0.961. The number of nitrogens with zero attached hydrogens (tertiary/aromatic N) is 3. The molecule has 0 fully saturated rings. The summed E-state index contributed by atoms with van der Waals surface area (Å²) in [7, 11) is 1.95. The molecule has 17 heavy (non-hydrogen) atoms. The van der Waals surface area contributed by atoms with Crippen LogP contribution < -0.4 is 5.32 Å². The Balaban J connectivity index is 0. The van der Waals surface area contributed by atoms with E-state index in [1.54, 1.807) is 0 Å². The lowest BCUT2D eigenvalue weighted by Crippen LogP contribution is -2.10. The SMILES string of the molecule is CC.CC.CCCCn1cc(CCNC)nn1. The molecule has 1 N–H and O–H groups in total. The molecule has 102 valence electrons. The predicted octanol–water partition coefficient (Wildman–Crippen LogP) is 2.89. The lowest BCUT2D eigenvalue weighted by molar-refractivity contribution is 0.553. The van der Waals surface area contributed by atoms with E-state index in [0.29, 0.717) is 0 Å². The van der Waals surface area contributed by atoms with E-state index in [-0.39, 0.29) is 0 Å². The number of hydrogen-bond acceptors (Lipinski definition) is 3. The van der Waals surface area contributed by atoms with Crippen molar-refractivity contribution in [1.29, 1.82) is 0 Å². The number of hydrogen-bond donors (Lipinski definition) is 1. The molecule has 0 saturated heterocycles. The van der Waals surface area contributed by atoms with Crippen molar-refractivity contribution in [1.82, 2.24) is 20.3 Å². The highest BCUT2D eigenvalue weighted by atomic mass is 15.4. The Labute approximate surface area is 107 Å².